The number of rotatable bonds is 2. The van der Waals surface area contributed by atoms with Gasteiger partial charge in [-0.15, -0.1) is 10.2 Å². The number of hydrogen-bond donors (Lipinski definition) is 0. The predicted octanol–water partition coefficient (Wildman–Crippen LogP) is 0.846. The average Bonchev–Trinajstić information content (AvgIpc) is 2.99. The quantitative estimate of drug-likeness (QED) is 0.646. The number of hydrogen-bond acceptors (Lipinski definition) is 4. The molecule has 0 amide bonds. The van der Waals surface area contributed by atoms with Gasteiger partial charge in [-0.2, -0.15) is 10.4 Å². The van der Waals surface area contributed by atoms with Crippen LogP contribution in [0.3, 0.4) is 0 Å². The van der Waals surface area contributed by atoms with Crippen LogP contribution in [0.2, 0.25) is 0 Å². The van der Waals surface area contributed by atoms with E-state index in [0.29, 0.717) is 12.1 Å². The van der Waals surface area contributed by atoms with E-state index in [1.165, 1.54) is 0 Å². The molecule has 3 aromatic rings. The summed E-state index contributed by atoms with van der Waals surface area (Å²) in [6.07, 6.45) is 5.30. The van der Waals surface area contributed by atoms with Gasteiger partial charge in [-0.1, -0.05) is 0 Å². The van der Waals surface area contributed by atoms with E-state index in [1.807, 2.05) is 12.3 Å². The molecule has 3 rings (SSSR count). The number of aromatic nitrogens is 5. The van der Waals surface area contributed by atoms with E-state index in [4.69, 9.17) is 5.26 Å². The zero-order valence-electron chi connectivity index (χ0n) is 8.85. The van der Waals surface area contributed by atoms with Gasteiger partial charge in [0, 0.05) is 18.6 Å². The molecular formula is C11H8N6. The van der Waals surface area contributed by atoms with Crippen LogP contribution in [0.4, 0.5) is 0 Å². The van der Waals surface area contributed by atoms with Crippen molar-refractivity contribution in [2.24, 2.45) is 0 Å². The first kappa shape index (κ1) is 9.54. The van der Waals surface area contributed by atoms with Gasteiger partial charge in [0.15, 0.2) is 11.5 Å². The number of nitrogens with zero attached hydrogens (tertiary/aromatic N) is 6. The highest BCUT2D eigenvalue weighted by atomic mass is 15.3. The Morgan fingerprint density at radius 2 is 2.24 bits per heavy atom. The summed E-state index contributed by atoms with van der Waals surface area (Å²) in [7, 11) is 0. The number of fused-ring (bicyclic) bond motifs is 1. The van der Waals surface area contributed by atoms with E-state index in [-0.39, 0.29) is 0 Å². The Hall–Kier alpha value is -2.68. The molecule has 82 valence electrons. The molecule has 0 atom stereocenters. The molecular weight excluding hydrogens is 216 g/mol. The molecule has 0 saturated carbocycles. The third-order valence-electron chi connectivity index (χ3n) is 2.46. The van der Waals surface area contributed by atoms with E-state index in [1.54, 1.807) is 33.6 Å². The van der Waals surface area contributed by atoms with Crippen LogP contribution in [-0.2, 0) is 6.54 Å². The molecule has 17 heavy (non-hydrogen) atoms. The average molecular weight is 224 g/mol. The minimum absolute atomic E-state index is 0.531. The molecule has 0 unspecified atom stereocenters. The van der Waals surface area contributed by atoms with Gasteiger partial charge in [0.2, 0.25) is 0 Å². The minimum Gasteiger partial charge on any atom is -0.284 e. The molecule has 6 heteroatoms. The van der Waals surface area contributed by atoms with Gasteiger partial charge in [-0.05, 0) is 18.2 Å². The van der Waals surface area contributed by atoms with Gasteiger partial charge in [-0.3, -0.25) is 9.08 Å². The smallest absolute Gasteiger partial charge is 0.160 e. The SMILES string of the molecule is N#Cc1ccc2nnc(Cn3cccn3)n2c1. The Bertz CT molecular complexity index is 688. The van der Waals surface area contributed by atoms with Crippen LogP contribution in [0.5, 0.6) is 0 Å². The largest absolute Gasteiger partial charge is 0.284 e. The van der Waals surface area contributed by atoms with Gasteiger partial charge < -0.3 is 0 Å². The molecule has 0 bridgehead atoms. The zero-order chi connectivity index (χ0) is 11.7. The summed E-state index contributed by atoms with van der Waals surface area (Å²) < 4.78 is 3.57. The van der Waals surface area contributed by atoms with Crippen LogP contribution in [0, 0.1) is 11.3 Å². The lowest BCUT2D eigenvalue weighted by Crippen LogP contribution is -2.04. The van der Waals surface area contributed by atoms with Gasteiger partial charge in [0.1, 0.15) is 12.6 Å². The molecule has 0 aliphatic rings. The van der Waals surface area contributed by atoms with Crippen LogP contribution in [0.15, 0.2) is 36.8 Å². The second-order valence-corrected chi connectivity index (χ2v) is 3.58. The maximum absolute atomic E-state index is 8.86. The summed E-state index contributed by atoms with van der Waals surface area (Å²) in [4.78, 5) is 0. The van der Waals surface area contributed by atoms with Crippen molar-refractivity contribution in [2.75, 3.05) is 0 Å². The Morgan fingerprint density at radius 1 is 1.29 bits per heavy atom. The first-order valence-electron chi connectivity index (χ1n) is 5.08. The fourth-order valence-electron chi connectivity index (χ4n) is 1.65. The van der Waals surface area contributed by atoms with Crippen LogP contribution in [0.1, 0.15) is 11.4 Å². The maximum Gasteiger partial charge on any atom is 0.160 e. The molecule has 3 heterocycles. The maximum atomic E-state index is 8.86. The molecule has 0 radical (unpaired) electrons. The summed E-state index contributed by atoms with van der Waals surface area (Å²) in [5, 5.41) is 21.1. The monoisotopic (exact) mass is 224 g/mol. The molecule has 0 fully saturated rings. The van der Waals surface area contributed by atoms with Gasteiger partial charge in [0.25, 0.3) is 0 Å². The minimum atomic E-state index is 0.531. The fraction of sp³-hybridized carbons (Fsp3) is 0.0909. The van der Waals surface area contributed by atoms with Crippen molar-refractivity contribution in [3.63, 3.8) is 0 Å². The Kier molecular flexibility index (Phi) is 2.09. The first-order valence-corrected chi connectivity index (χ1v) is 5.08. The molecule has 0 aliphatic heterocycles. The summed E-state index contributed by atoms with van der Waals surface area (Å²) in [5.41, 5.74) is 1.31. The second kappa shape index (κ2) is 3.72. The van der Waals surface area contributed by atoms with E-state index in [9.17, 15) is 0 Å². The third kappa shape index (κ3) is 1.63. The highest BCUT2D eigenvalue weighted by Gasteiger charge is 2.06. The molecule has 3 aromatic heterocycles. The van der Waals surface area contributed by atoms with Crippen molar-refractivity contribution in [3.8, 4) is 6.07 Å². The zero-order valence-corrected chi connectivity index (χ0v) is 8.85. The summed E-state index contributed by atoms with van der Waals surface area (Å²) >= 11 is 0. The van der Waals surface area contributed by atoms with Crippen molar-refractivity contribution in [1.29, 1.82) is 5.26 Å². The van der Waals surface area contributed by atoms with Crippen LogP contribution >= 0.6 is 0 Å². The van der Waals surface area contributed by atoms with Crippen molar-refractivity contribution in [3.05, 3.63) is 48.2 Å². The van der Waals surface area contributed by atoms with E-state index < -0.39 is 0 Å². The van der Waals surface area contributed by atoms with Crippen LogP contribution in [0.25, 0.3) is 5.65 Å². The Balaban J connectivity index is 2.08. The molecule has 0 spiro atoms. The summed E-state index contributed by atoms with van der Waals surface area (Å²) in [6, 6.07) is 7.45. The normalized spacial score (nSPS) is 10.5. The Labute approximate surface area is 96.7 Å². The molecule has 6 nitrogen and oxygen atoms in total. The lowest BCUT2D eigenvalue weighted by atomic mass is 10.3. The van der Waals surface area contributed by atoms with Gasteiger partial charge in [-0.25, -0.2) is 0 Å². The highest BCUT2D eigenvalue weighted by molar-refractivity contribution is 5.42. The standard InChI is InChI=1S/C11H8N6/c12-6-9-2-3-10-14-15-11(17(10)7-9)8-16-5-1-4-13-16/h1-5,7H,8H2. The molecule has 0 aliphatic carbocycles. The highest BCUT2D eigenvalue weighted by Crippen LogP contribution is 2.07. The lowest BCUT2D eigenvalue weighted by molar-refractivity contribution is 0.649. The topological polar surface area (TPSA) is 71.8 Å². The van der Waals surface area contributed by atoms with Crippen LogP contribution < -0.4 is 0 Å². The summed E-state index contributed by atoms with van der Waals surface area (Å²) in [6.45, 7) is 0.531. The van der Waals surface area contributed by atoms with Crippen molar-refractivity contribution < 1.29 is 0 Å². The molecule has 0 N–H and O–H groups in total. The Morgan fingerprint density at radius 3 is 3.00 bits per heavy atom. The van der Waals surface area contributed by atoms with Crippen molar-refractivity contribution >= 4 is 5.65 Å². The van der Waals surface area contributed by atoms with Crippen LogP contribution in [-0.4, -0.2) is 24.4 Å². The summed E-state index contributed by atoms with van der Waals surface area (Å²) in [5.74, 6) is 0.751. The second-order valence-electron chi connectivity index (χ2n) is 3.58. The molecule has 0 aromatic carbocycles. The number of nitriles is 1. The van der Waals surface area contributed by atoms with E-state index in [2.05, 4.69) is 21.4 Å². The predicted molar refractivity (Wildman–Crippen MR) is 59.0 cm³/mol. The number of pyridine rings is 1. The molecule has 0 saturated heterocycles. The van der Waals surface area contributed by atoms with Gasteiger partial charge in [0.05, 0.1) is 5.56 Å². The third-order valence-corrected chi connectivity index (χ3v) is 2.46. The van der Waals surface area contributed by atoms with E-state index in [0.717, 1.165) is 11.5 Å². The van der Waals surface area contributed by atoms with Gasteiger partial charge >= 0.3 is 0 Å². The van der Waals surface area contributed by atoms with E-state index >= 15 is 0 Å². The lowest BCUT2D eigenvalue weighted by Gasteiger charge is -2.00. The fourth-order valence-corrected chi connectivity index (χ4v) is 1.65. The first-order chi connectivity index (χ1) is 8.36. The van der Waals surface area contributed by atoms with Crippen molar-refractivity contribution in [1.82, 2.24) is 24.4 Å². The van der Waals surface area contributed by atoms with Crippen molar-refractivity contribution in [2.45, 2.75) is 6.54 Å².